The zero-order valence-corrected chi connectivity index (χ0v) is 29.5. The molecule has 242 valence electrons. The molecule has 3 aliphatic rings. The third-order valence-electron chi connectivity index (χ3n) is 9.64. The van der Waals surface area contributed by atoms with E-state index in [9.17, 15) is 4.79 Å². The van der Waals surface area contributed by atoms with Crippen molar-refractivity contribution in [2.45, 2.75) is 69.2 Å². The molecule has 1 unspecified atom stereocenters. The predicted molar refractivity (Wildman–Crippen MR) is 189 cm³/mol. The number of carbonyl (C=O) groups excluding carboxylic acids is 1. The lowest BCUT2D eigenvalue weighted by Crippen LogP contribution is -2.25. The number of hydrogen-bond donors (Lipinski definition) is 0. The van der Waals surface area contributed by atoms with E-state index in [1.165, 1.54) is 35.3 Å². The van der Waals surface area contributed by atoms with Crippen molar-refractivity contribution in [3.63, 3.8) is 0 Å². The van der Waals surface area contributed by atoms with Crippen molar-refractivity contribution in [1.82, 2.24) is 19.4 Å². The van der Waals surface area contributed by atoms with Crippen LogP contribution in [0.5, 0.6) is 5.75 Å². The molecule has 0 radical (unpaired) electrons. The topological polar surface area (TPSA) is 73.9 Å². The molecule has 1 aliphatic carbocycles. The number of aryl methyl sites for hydroxylation is 4. The van der Waals surface area contributed by atoms with Gasteiger partial charge in [-0.25, -0.2) is 4.79 Å². The highest BCUT2D eigenvalue weighted by atomic mass is 35.5. The smallest absolute Gasteiger partial charge is 0.354 e. The second kappa shape index (κ2) is 12.8. The van der Waals surface area contributed by atoms with Gasteiger partial charge in [0.05, 0.1) is 31.2 Å². The van der Waals surface area contributed by atoms with E-state index in [2.05, 4.69) is 35.7 Å². The number of aromatic nitrogens is 3. The van der Waals surface area contributed by atoms with Crippen molar-refractivity contribution in [3.8, 4) is 16.9 Å². The molecule has 4 aromatic rings. The van der Waals surface area contributed by atoms with E-state index in [1.54, 1.807) is 0 Å². The Balaban J connectivity index is 1.33. The van der Waals surface area contributed by atoms with Gasteiger partial charge in [0, 0.05) is 82.0 Å². The Morgan fingerprint density at radius 1 is 1.11 bits per heavy atom. The first kappa shape index (κ1) is 31.5. The summed E-state index contributed by atoms with van der Waals surface area (Å²) >= 11 is 10.8. The lowest BCUT2D eigenvalue weighted by molar-refractivity contribution is 0.0587. The molecule has 0 fully saturated rings. The Kier molecular flexibility index (Phi) is 8.80. The SMILES string of the molecule is COC(=O)c1c(C)c2c3c(Cl)ccc2n1CCCOc1cc(cc2c1CCC2)SCC1CC(=NN1C)CSCc1nn(C)c(C)c1-3. The van der Waals surface area contributed by atoms with Gasteiger partial charge in [-0.3, -0.25) is 9.69 Å². The van der Waals surface area contributed by atoms with E-state index in [-0.39, 0.29) is 5.97 Å². The first-order chi connectivity index (χ1) is 22.2. The maximum absolute atomic E-state index is 13.3. The average Bonchev–Trinajstić information content (AvgIpc) is 3.79. The van der Waals surface area contributed by atoms with Gasteiger partial charge >= 0.3 is 5.97 Å². The van der Waals surface area contributed by atoms with E-state index in [0.29, 0.717) is 29.9 Å². The molecule has 2 aromatic carbocycles. The van der Waals surface area contributed by atoms with Crippen LogP contribution >= 0.6 is 35.1 Å². The van der Waals surface area contributed by atoms with Crippen LogP contribution in [0.2, 0.25) is 5.02 Å². The molecule has 0 spiro atoms. The predicted octanol–water partition coefficient (Wildman–Crippen LogP) is 7.46. The molecule has 46 heavy (non-hydrogen) atoms. The molecule has 0 saturated heterocycles. The van der Waals surface area contributed by atoms with E-state index < -0.39 is 0 Å². The van der Waals surface area contributed by atoms with Crippen LogP contribution in [0.4, 0.5) is 0 Å². The van der Waals surface area contributed by atoms with Gasteiger partial charge in [-0.15, -0.1) is 23.5 Å². The number of carbonyl (C=O) groups is 1. The van der Waals surface area contributed by atoms with Gasteiger partial charge < -0.3 is 14.0 Å². The fourth-order valence-corrected chi connectivity index (χ4v) is 9.56. The average molecular weight is 678 g/mol. The summed E-state index contributed by atoms with van der Waals surface area (Å²) in [4.78, 5) is 14.6. The van der Waals surface area contributed by atoms with Crippen molar-refractivity contribution >= 4 is 57.7 Å². The minimum Gasteiger partial charge on any atom is -0.493 e. The van der Waals surface area contributed by atoms with Crippen LogP contribution in [0.15, 0.2) is 34.3 Å². The molecule has 2 aromatic heterocycles. The summed E-state index contributed by atoms with van der Waals surface area (Å²) in [7, 11) is 5.51. The van der Waals surface area contributed by atoms with Gasteiger partial charge in [-0.2, -0.15) is 10.2 Å². The Bertz CT molecular complexity index is 1880. The fraction of sp³-hybridized carbons (Fsp3) is 0.457. The number of esters is 1. The number of hydrogen-bond acceptors (Lipinski definition) is 8. The summed E-state index contributed by atoms with van der Waals surface area (Å²) in [6.07, 6.45) is 5.03. The van der Waals surface area contributed by atoms with Crippen LogP contribution in [0.1, 0.15) is 57.8 Å². The third-order valence-corrected chi connectivity index (χ3v) is 12.1. The van der Waals surface area contributed by atoms with Crippen molar-refractivity contribution in [2.24, 2.45) is 12.1 Å². The monoisotopic (exact) mass is 677 g/mol. The molecule has 0 amide bonds. The summed E-state index contributed by atoms with van der Waals surface area (Å²) in [5, 5.41) is 13.6. The molecular weight excluding hydrogens is 638 g/mol. The molecule has 7 rings (SSSR count). The number of rotatable bonds is 1. The van der Waals surface area contributed by atoms with E-state index >= 15 is 0 Å². The molecule has 4 heterocycles. The molecule has 0 N–H and O–H groups in total. The highest BCUT2D eigenvalue weighted by Gasteiger charge is 2.29. The van der Waals surface area contributed by atoms with Crippen LogP contribution in [-0.2, 0) is 36.9 Å². The molecule has 8 bridgehead atoms. The number of halogens is 1. The number of benzene rings is 2. The maximum atomic E-state index is 13.3. The highest BCUT2D eigenvalue weighted by Crippen LogP contribution is 2.43. The molecule has 8 nitrogen and oxygen atoms in total. The highest BCUT2D eigenvalue weighted by molar-refractivity contribution is 7.99. The van der Waals surface area contributed by atoms with Crippen molar-refractivity contribution in [3.05, 3.63) is 63.1 Å². The van der Waals surface area contributed by atoms with Crippen molar-refractivity contribution in [1.29, 1.82) is 0 Å². The van der Waals surface area contributed by atoms with Gasteiger partial charge in [0.15, 0.2) is 0 Å². The van der Waals surface area contributed by atoms with Crippen LogP contribution < -0.4 is 4.74 Å². The fourth-order valence-electron chi connectivity index (χ4n) is 7.27. The van der Waals surface area contributed by atoms with E-state index in [1.807, 2.05) is 54.3 Å². The summed E-state index contributed by atoms with van der Waals surface area (Å²) in [6.45, 7) is 5.24. The Hall–Kier alpha value is -3.08. The first-order valence-corrected chi connectivity index (χ1v) is 18.5. The second-order valence-electron chi connectivity index (χ2n) is 12.5. The number of fused-ring (bicyclic) bond motifs is 8. The molecule has 11 heteroatoms. The van der Waals surface area contributed by atoms with Gasteiger partial charge in [0.25, 0.3) is 0 Å². The van der Waals surface area contributed by atoms with Crippen LogP contribution in [0.25, 0.3) is 22.0 Å². The summed E-state index contributed by atoms with van der Waals surface area (Å²) in [5.74, 6) is 3.20. The Labute approximate surface area is 283 Å². The minimum absolute atomic E-state index is 0.354. The summed E-state index contributed by atoms with van der Waals surface area (Å²) in [5.41, 5.74) is 10.3. The lowest BCUT2D eigenvalue weighted by atomic mass is 9.97. The number of methoxy groups -OCH3 is 1. The minimum atomic E-state index is -0.354. The normalized spacial score (nSPS) is 18.6. The quantitative estimate of drug-likeness (QED) is 0.194. The lowest BCUT2D eigenvalue weighted by Gasteiger charge is -2.19. The van der Waals surface area contributed by atoms with E-state index in [0.717, 1.165) is 87.7 Å². The molecule has 2 aliphatic heterocycles. The number of hydrazone groups is 1. The number of ether oxygens (including phenoxy) is 2. The molecule has 0 saturated carbocycles. The van der Waals surface area contributed by atoms with Crippen LogP contribution in [0, 0.1) is 13.8 Å². The van der Waals surface area contributed by atoms with Crippen molar-refractivity contribution < 1.29 is 14.3 Å². The van der Waals surface area contributed by atoms with Crippen LogP contribution in [0.3, 0.4) is 0 Å². The Morgan fingerprint density at radius 3 is 2.78 bits per heavy atom. The van der Waals surface area contributed by atoms with Crippen molar-refractivity contribution in [2.75, 3.05) is 32.3 Å². The van der Waals surface area contributed by atoms with Crippen LogP contribution in [-0.4, -0.2) is 69.3 Å². The van der Waals surface area contributed by atoms with Gasteiger partial charge in [-0.1, -0.05) is 11.6 Å². The summed E-state index contributed by atoms with van der Waals surface area (Å²) < 4.78 is 15.9. The second-order valence-corrected chi connectivity index (χ2v) is 15.0. The number of nitrogens with zero attached hydrogens (tertiary/aromatic N) is 5. The van der Waals surface area contributed by atoms with E-state index in [4.69, 9.17) is 31.3 Å². The molecule has 1 atom stereocenters. The number of thioether (sulfide) groups is 2. The third kappa shape index (κ3) is 5.60. The standard InChI is InChI=1S/C35H40ClN5O3S2/c1-20-31-29-11-10-27(36)33(31)32-21(2)39(3)38-28(32)19-45-17-23-15-24(40(4)37-23)18-46-25-14-22-8-6-9-26(22)30(16-25)44-13-7-12-41(29)34(20)35(42)43-5/h10-11,14,16,24H,6-9,12-13,15,17-19H2,1-5H3. The van der Waals surface area contributed by atoms with Gasteiger partial charge in [0.1, 0.15) is 11.4 Å². The molecular formula is C35H40ClN5O3S2. The maximum Gasteiger partial charge on any atom is 0.354 e. The van der Waals surface area contributed by atoms with Gasteiger partial charge in [-0.05, 0) is 80.5 Å². The largest absolute Gasteiger partial charge is 0.493 e. The Morgan fingerprint density at radius 2 is 1.96 bits per heavy atom. The first-order valence-electron chi connectivity index (χ1n) is 16.0. The summed E-state index contributed by atoms with van der Waals surface area (Å²) in [6, 6.07) is 8.94. The zero-order chi connectivity index (χ0) is 32.1. The zero-order valence-electron chi connectivity index (χ0n) is 27.1. The van der Waals surface area contributed by atoms with Gasteiger partial charge in [0.2, 0.25) is 0 Å².